The molecule has 0 saturated heterocycles. The maximum Gasteiger partial charge on any atom is 0.253 e. The number of allylic oxidation sites excluding steroid dienone is 1. The quantitative estimate of drug-likeness (QED) is 0.198. The number of aromatic nitrogens is 3. The zero-order valence-corrected chi connectivity index (χ0v) is 23.2. The average molecular weight is 587 g/mol. The molecule has 0 saturated carbocycles. The highest BCUT2D eigenvalue weighted by atomic mass is 35.5. The molecule has 3 rings (SSSR count). The predicted octanol–water partition coefficient (Wildman–Crippen LogP) is 6.94. The lowest BCUT2D eigenvalue weighted by Crippen LogP contribution is -2.34. The fourth-order valence-electron chi connectivity index (χ4n) is 3.30. The van der Waals surface area contributed by atoms with E-state index in [9.17, 15) is 9.59 Å². The molecule has 0 radical (unpaired) electrons. The monoisotopic (exact) mass is 585 g/mol. The summed E-state index contributed by atoms with van der Waals surface area (Å²) in [6, 6.07) is 9.34. The minimum absolute atomic E-state index is 0.0143. The van der Waals surface area contributed by atoms with Crippen LogP contribution in [0, 0.1) is 5.92 Å². The number of halogens is 4. The van der Waals surface area contributed by atoms with Crippen LogP contribution in [0.15, 0.2) is 54.2 Å². The third-order valence-electron chi connectivity index (χ3n) is 5.01. The molecule has 0 aliphatic heterocycles. The van der Waals surface area contributed by atoms with Crippen molar-refractivity contribution >= 4 is 75.7 Å². The number of hydrogen-bond acceptors (Lipinski definition) is 5. The number of rotatable bonds is 10. The third kappa shape index (κ3) is 6.95. The maximum absolute atomic E-state index is 12.9. The Balaban J connectivity index is 1.78. The Morgan fingerprint density at radius 1 is 1.08 bits per heavy atom. The van der Waals surface area contributed by atoms with Gasteiger partial charge in [-0.3, -0.25) is 9.59 Å². The van der Waals surface area contributed by atoms with Gasteiger partial charge in [0, 0.05) is 11.6 Å². The minimum Gasteiger partial charge on any atom is -0.342 e. The van der Waals surface area contributed by atoms with Gasteiger partial charge in [0.1, 0.15) is 0 Å². The molecule has 0 bridgehead atoms. The lowest BCUT2D eigenvalue weighted by molar-refractivity contribution is -0.113. The molecule has 0 aliphatic carbocycles. The third-order valence-corrected chi connectivity index (χ3v) is 7.12. The van der Waals surface area contributed by atoms with Gasteiger partial charge in [-0.05, 0) is 30.2 Å². The highest BCUT2D eigenvalue weighted by Crippen LogP contribution is 2.34. The van der Waals surface area contributed by atoms with Crippen LogP contribution in [-0.4, -0.2) is 32.3 Å². The van der Waals surface area contributed by atoms with Crippen LogP contribution >= 0.6 is 58.2 Å². The molecule has 7 nitrogen and oxygen atoms in total. The largest absolute Gasteiger partial charge is 0.342 e. The van der Waals surface area contributed by atoms with E-state index in [0.29, 0.717) is 33.1 Å². The second kappa shape index (κ2) is 12.8. The molecule has 3 aromatic rings. The molecule has 2 aromatic carbocycles. The molecule has 2 amide bonds. The summed E-state index contributed by atoms with van der Waals surface area (Å²) in [5, 5.41) is 16.0. The van der Waals surface area contributed by atoms with Crippen molar-refractivity contribution in [3.8, 4) is 0 Å². The van der Waals surface area contributed by atoms with Crippen molar-refractivity contribution in [1.82, 2.24) is 20.1 Å². The highest BCUT2D eigenvalue weighted by molar-refractivity contribution is 7.99. The average Bonchev–Trinajstić information content (AvgIpc) is 3.20. The Bertz CT molecular complexity index is 1260. The van der Waals surface area contributed by atoms with Gasteiger partial charge in [0.2, 0.25) is 5.91 Å². The summed E-state index contributed by atoms with van der Waals surface area (Å²) < 4.78 is 1.81. The summed E-state index contributed by atoms with van der Waals surface area (Å²) in [5.74, 6) is -0.120. The van der Waals surface area contributed by atoms with Gasteiger partial charge in [0.15, 0.2) is 11.0 Å². The van der Waals surface area contributed by atoms with Crippen LogP contribution in [0.1, 0.15) is 36.1 Å². The molecular formula is C24H23Cl4N5O2S. The molecule has 0 unspecified atom stereocenters. The zero-order valence-electron chi connectivity index (χ0n) is 19.4. The number of thioether (sulfide) groups is 1. The van der Waals surface area contributed by atoms with E-state index in [2.05, 4.69) is 27.4 Å². The van der Waals surface area contributed by atoms with E-state index >= 15 is 0 Å². The summed E-state index contributed by atoms with van der Waals surface area (Å²) in [6.07, 6.45) is 1.69. The van der Waals surface area contributed by atoms with Crippen molar-refractivity contribution in [3.05, 3.63) is 80.5 Å². The van der Waals surface area contributed by atoms with Gasteiger partial charge in [0.05, 0.1) is 38.1 Å². The normalized spacial score (nSPS) is 11.9. The van der Waals surface area contributed by atoms with Crippen LogP contribution in [0.5, 0.6) is 0 Å². The van der Waals surface area contributed by atoms with Gasteiger partial charge >= 0.3 is 0 Å². The molecule has 2 N–H and O–H groups in total. The lowest BCUT2D eigenvalue weighted by atomic mass is 10.0. The Hall–Kier alpha value is -2.23. The smallest absolute Gasteiger partial charge is 0.253 e. The predicted molar refractivity (Wildman–Crippen MR) is 148 cm³/mol. The Morgan fingerprint density at radius 3 is 2.36 bits per heavy atom. The van der Waals surface area contributed by atoms with Crippen molar-refractivity contribution in [2.75, 3.05) is 11.1 Å². The topological polar surface area (TPSA) is 88.9 Å². The van der Waals surface area contributed by atoms with Crippen molar-refractivity contribution in [3.63, 3.8) is 0 Å². The minimum atomic E-state index is -0.462. The molecular weight excluding hydrogens is 564 g/mol. The van der Waals surface area contributed by atoms with Crippen LogP contribution in [-0.2, 0) is 11.3 Å². The van der Waals surface area contributed by atoms with E-state index in [1.54, 1.807) is 30.3 Å². The molecule has 190 valence electrons. The van der Waals surface area contributed by atoms with E-state index < -0.39 is 6.04 Å². The number of benzene rings is 2. The first-order valence-electron chi connectivity index (χ1n) is 10.8. The van der Waals surface area contributed by atoms with Gasteiger partial charge in [-0.25, -0.2) is 0 Å². The van der Waals surface area contributed by atoms with Crippen molar-refractivity contribution in [2.24, 2.45) is 5.92 Å². The van der Waals surface area contributed by atoms with Crippen molar-refractivity contribution in [1.29, 1.82) is 0 Å². The molecule has 36 heavy (non-hydrogen) atoms. The van der Waals surface area contributed by atoms with Crippen molar-refractivity contribution in [2.45, 2.75) is 31.6 Å². The van der Waals surface area contributed by atoms with Gasteiger partial charge in [-0.2, -0.15) is 0 Å². The van der Waals surface area contributed by atoms with E-state index in [4.69, 9.17) is 46.4 Å². The van der Waals surface area contributed by atoms with Gasteiger partial charge in [-0.15, -0.1) is 16.8 Å². The standard InChI is InChI=1S/C24H23Cl4N5O2S/c1-4-9-33-22(20(13(2)3)30-23(35)15-7-5-6-8-16(15)26)31-32-24(33)36-12-19(34)29-21-17(27)10-14(25)11-18(21)28/h4-8,10-11,13,20H,1,9,12H2,2-3H3,(H,29,34)(H,30,35)/t20-/m1/s1. The SMILES string of the molecule is C=CCn1c(SCC(=O)Nc2c(Cl)cc(Cl)cc2Cl)nnc1[C@H](NC(=O)c1ccccc1Cl)C(C)C. The summed E-state index contributed by atoms with van der Waals surface area (Å²) in [5.41, 5.74) is 0.647. The number of hydrogen-bond donors (Lipinski definition) is 2. The van der Waals surface area contributed by atoms with Crippen LogP contribution in [0.25, 0.3) is 0 Å². The maximum atomic E-state index is 12.9. The molecule has 12 heteroatoms. The fourth-order valence-corrected chi connectivity index (χ4v) is 5.19. The Kier molecular flexibility index (Phi) is 10.1. The zero-order chi connectivity index (χ0) is 26.4. The molecule has 1 atom stereocenters. The number of carbonyl (C=O) groups excluding carboxylic acids is 2. The van der Waals surface area contributed by atoms with Crippen LogP contribution in [0.2, 0.25) is 20.1 Å². The number of nitrogens with zero attached hydrogens (tertiary/aromatic N) is 3. The molecule has 1 heterocycles. The fraction of sp³-hybridized carbons (Fsp3) is 0.250. The van der Waals surface area contributed by atoms with E-state index in [-0.39, 0.29) is 39.2 Å². The highest BCUT2D eigenvalue weighted by Gasteiger charge is 2.27. The van der Waals surface area contributed by atoms with E-state index in [1.807, 2.05) is 18.4 Å². The van der Waals surface area contributed by atoms with Crippen LogP contribution in [0.3, 0.4) is 0 Å². The molecule has 0 spiro atoms. The van der Waals surface area contributed by atoms with Crippen LogP contribution < -0.4 is 10.6 Å². The number of carbonyl (C=O) groups is 2. The summed E-state index contributed by atoms with van der Waals surface area (Å²) >= 11 is 25.6. The van der Waals surface area contributed by atoms with E-state index in [0.717, 1.165) is 0 Å². The first kappa shape index (κ1) is 28.3. The summed E-state index contributed by atoms with van der Waals surface area (Å²) in [4.78, 5) is 25.5. The summed E-state index contributed by atoms with van der Waals surface area (Å²) in [6.45, 7) is 8.12. The molecule has 0 aliphatic rings. The number of amides is 2. The second-order valence-electron chi connectivity index (χ2n) is 8.00. The van der Waals surface area contributed by atoms with Gasteiger partial charge < -0.3 is 15.2 Å². The van der Waals surface area contributed by atoms with Crippen molar-refractivity contribution < 1.29 is 9.59 Å². The number of anilines is 1. The Labute approximate surface area is 233 Å². The van der Waals surface area contributed by atoms with Crippen LogP contribution in [0.4, 0.5) is 5.69 Å². The second-order valence-corrected chi connectivity index (χ2v) is 10.6. The lowest BCUT2D eigenvalue weighted by Gasteiger charge is -2.23. The molecule has 0 fully saturated rings. The van der Waals surface area contributed by atoms with Gasteiger partial charge in [-0.1, -0.05) is 90.2 Å². The Morgan fingerprint density at radius 2 is 1.75 bits per heavy atom. The van der Waals surface area contributed by atoms with E-state index in [1.165, 1.54) is 23.9 Å². The first-order valence-corrected chi connectivity index (χ1v) is 13.3. The van der Waals surface area contributed by atoms with Gasteiger partial charge in [0.25, 0.3) is 5.91 Å². The number of nitrogens with one attached hydrogen (secondary N) is 2. The first-order chi connectivity index (χ1) is 17.1. The summed E-state index contributed by atoms with van der Waals surface area (Å²) in [7, 11) is 0. The molecule has 1 aromatic heterocycles.